The smallest absolute Gasteiger partial charge is 0.269 e. The van der Waals surface area contributed by atoms with E-state index < -0.39 is 4.92 Å². The van der Waals surface area contributed by atoms with Crippen molar-refractivity contribution < 1.29 is 9.72 Å². The van der Waals surface area contributed by atoms with Gasteiger partial charge in [0.25, 0.3) is 11.2 Å². The first-order valence-corrected chi connectivity index (χ1v) is 12.0. The lowest BCUT2D eigenvalue weighted by molar-refractivity contribution is -0.384. The van der Waals surface area contributed by atoms with Gasteiger partial charge in [-0.3, -0.25) is 24.3 Å². The molecule has 10 heteroatoms. The number of carbonyl (C=O) groups excluding carboxylic acids is 1. The van der Waals surface area contributed by atoms with Crippen LogP contribution in [0.25, 0.3) is 10.2 Å². The molecule has 2 aromatic heterocycles. The van der Waals surface area contributed by atoms with Crippen LogP contribution in [0.5, 0.6) is 0 Å². The summed E-state index contributed by atoms with van der Waals surface area (Å²) in [6, 6.07) is 4.29. The van der Waals surface area contributed by atoms with Crippen molar-refractivity contribution in [3.8, 4) is 0 Å². The van der Waals surface area contributed by atoms with E-state index in [1.165, 1.54) is 34.8 Å². The van der Waals surface area contributed by atoms with E-state index in [2.05, 4.69) is 11.9 Å². The molecule has 1 aliphatic carbocycles. The first kappa shape index (κ1) is 22.2. The van der Waals surface area contributed by atoms with Gasteiger partial charge in [-0.15, -0.1) is 17.9 Å². The van der Waals surface area contributed by atoms with Gasteiger partial charge in [0.05, 0.1) is 16.1 Å². The highest BCUT2D eigenvalue weighted by Crippen LogP contribution is 2.34. The largest absolute Gasteiger partial charge is 0.325 e. The number of amides is 1. The second-order valence-electron chi connectivity index (χ2n) is 7.58. The van der Waals surface area contributed by atoms with Crippen molar-refractivity contribution in [3.05, 3.63) is 67.3 Å². The predicted octanol–water partition coefficient (Wildman–Crippen LogP) is 4.47. The molecule has 1 N–H and O–H groups in total. The molecule has 166 valence electrons. The number of benzene rings is 1. The van der Waals surface area contributed by atoms with Crippen LogP contribution < -0.4 is 10.9 Å². The number of thioether (sulfide) groups is 1. The highest BCUT2D eigenvalue weighted by Gasteiger charge is 2.22. The molecule has 0 bridgehead atoms. The summed E-state index contributed by atoms with van der Waals surface area (Å²) in [5.41, 5.74) is 2.14. The third kappa shape index (κ3) is 4.33. The van der Waals surface area contributed by atoms with Gasteiger partial charge in [-0.2, -0.15) is 0 Å². The minimum Gasteiger partial charge on any atom is -0.325 e. The number of rotatable bonds is 7. The summed E-state index contributed by atoms with van der Waals surface area (Å²) in [5.74, 6) is -0.228. The van der Waals surface area contributed by atoms with Crippen LogP contribution in [0.3, 0.4) is 0 Å². The molecule has 0 aliphatic heterocycles. The number of fused-ring (bicyclic) bond motifs is 3. The molecule has 3 aromatic rings. The molecule has 0 unspecified atom stereocenters. The molecular formula is C22H22N4O4S2. The SMILES string of the molecule is C=CCn1c(SCC(=O)Nc2ccc([N+](=O)[O-])cc2C)nc2sc3c(c2c1=O)CCCC3. The highest BCUT2D eigenvalue weighted by atomic mass is 32.2. The zero-order valence-electron chi connectivity index (χ0n) is 17.6. The molecule has 1 amide bonds. The van der Waals surface area contributed by atoms with E-state index in [1.54, 1.807) is 28.9 Å². The molecule has 32 heavy (non-hydrogen) atoms. The minimum absolute atomic E-state index is 0.0283. The number of aromatic nitrogens is 2. The zero-order valence-corrected chi connectivity index (χ0v) is 19.2. The van der Waals surface area contributed by atoms with Crippen LogP contribution in [-0.4, -0.2) is 26.1 Å². The average molecular weight is 471 g/mol. The number of nitro benzene ring substituents is 1. The Morgan fingerprint density at radius 1 is 1.41 bits per heavy atom. The van der Waals surface area contributed by atoms with Crippen LogP contribution in [0.15, 0.2) is 40.8 Å². The number of carbonyl (C=O) groups is 1. The number of nitrogens with one attached hydrogen (secondary N) is 1. The van der Waals surface area contributed by atoms with E-state index in [0.717, 1.165) is 36.1 Å². The molecule has 2 heterocycles. The summed E-state index contributed by atoms with van der Waals surface area (Å²) >= 11 is 2.77. The third-order valence-corrected chi connectivity index (χ3v) is 7.54. The van der Waals surface area contributed by atoms with Crippen LogP contribution >= 0.6 is 23.1 Å². The summed E-state index contributed by atoms with van der Waals surface area (Å²) < 4.78 is 1.58. The normalized spacial score (nSPS) is 13.0. The van der Waals surface area contributed by atoms with Crippen LogP contribution in [0, 0.1) is 17.0 Å². The Morgan fingerprint density at radius 3 is 2.91 bits per heavy atom. The van der Waals surface area contributed by atoms with E-state index in [0.29, 0.717) is 28.3 Å². The number of aryl methyl sites for hydroxylation is 3. The van der Waals surface area contributed by atoms with Gasteiger partial charge in [-0.25, -0.2) is 4.98 Å². The van der Waals surface area contributed by atoms with Gasteiger partial charge in [-0.1, -0.05) is 17.8 Å². The fraction of sp³-hybridized carbons (Fsp3) is 0.318. The first-order chi connectivity index (χ1) is 15.4. The summed E-state index contributed by atoms with van der Waals surface area (Å²) in [6.45, 7) is 5.77. The Kier molecular flexibility index (Phi) is 6.43. The molecule has 0 spiro atoms. The van der Waals surface area contributed by atoms with Gasteiger partial charge < -0.3 is 5.32 Å². The van der Waals surface area contributed by atoms with Crippen molar-refractivity contribution in [2.75, 3.05) is 11.1 Å². The summed E-state index contributed by atoms with van der Waals surface area (Å²) in [6.07, 6.45) is 5.75. The number of nitro groups is 1. The standard InChI is InChI=1S/C22H22N4O4S2/c1-3-10-25-21(28)19-15-6-4-5-7-17(15)32-20(19)24-22(25)31-12-18(27)23-16-9-8-14(26(29)30)11-13(16)2/h3,8-9,11H,1,4-7,10,12H2,2H3,(H,23,27). The lowest BCUT2D eigenvalue weighted by atomic mass is 9.97. The van der Waals surface area contributed by atoms with Crippen molar-refractivity contribution in [2.24, 2.45) is 0 Å². The van der Waals surface area contributed by atoms with Gasteiger partial charge in [0, 0.05) is 29.2 Å². The summed E-state index contributed by atoms with van der Waals surface area (Å²) in [7, 11) is 0. The van der Waals surface area contributed by atoms with E-state index in [-0.39, 0.29) is 22.9 Å². The first-order valence-electron chi connectivity index (χ1n) is 10.2. The van der Waals surface area contributed by atoms with E-state index in [1.807, 2.05) is 0 Å². The Hall–Kier alpha value is -2.98. The topological polar surface area (TPSA) is 107 Å². The second-order valence-corrected chi connectivity index (χ2v) is 9.61. The molecule has 0 saturated heterocycles. The maximum Gasteiger partial charge on any atom is 0.269 e. The lowest BCUT2D eigenvalue weighted by Crippen LogP contribution is -2.24. The molecule has 4 rings (SSSR count). The minimum atomic E-state index is -0.475. The number of anilines is 1. The number of hydrogen-bond acceptors (Lipinski definition) is 7. The van der Waals surface area contributed by atoms with Crippen LogP contribution in [-0.2, 0) is 24.2 Å². The maximum atomic E-state index is 13.3. The van der Waals surface area contributed by atoms with Gasteiger partial charge in [0.1, 0.15) is 4.83 Å². The van der Waals surface area contributed by atoms with Crippen LogP contribution in [0.4, 0.5) is 11.4 Å². The Labute approximate surface area is 192 Å². The fourth-order valence-electron chi connectivity index (χ4n) is 3.84. The van der Waals surface area contributed by atoms with Crippen LogP contribution in [0.2, 0.25) is 0 Å². The average Bonchev–Trinajstić information content (AvgIpc) is 3.14. The summed E-state index contributed by atoms with van der Waals surface area (Å²) in [5, 5.41) is 14.9. The number of non-ortho nitro benzene ring substituents is 1. The highest BCUT2D eigenvalue weighted by molar-refractivity contribution is 7.99. The zero-order chi connectivity index (χ0) is 22.8. The molecule has 1 aliphatic rings. The van der Waals surface area contributed by atoms with Gasteiger partial charge >= 0.3 is 0 Å². The van der Waals surface area contributed by atoms with Gasteiger partial charge in [0.2, 0.25) is 5.91 Å². The lowest BCUT2D eigenvalue weighted by Gasteiger charge is -2.12. The van der Waals surface area contributed by atoms with Crippen molar-refractivity contribution in [3.63, 3.8) is 0 Å². The van der Waals surface area contributed by atoms with E-state index in [4.69, 9.17) is 4.98 Å². The maximum absolute atomic E-state index is 13.3. The van der Waals surface area contributed by atoms with Crippen molar-refractivity contribution >= 4 is 50.6 Å². The number of hydrogen-bond donors (Lipinski definition) is 1. The molecule has 8 nitrogen and oxygen atoms in total. The number of thiophene rings is 1. The molecular weight excluding hydrogens is 448 g/mol. The van der Waals surface area contributed by atoms with Crippen molar-refractivity contribution in [1.29, 1.82) is 0 Å². The van der Waals surface area contributed by atoms with Crippen LogP contribution in [0.1, 0.15) is 28.8 Å². The number of allylic oxidation sites excluding steroid dienone is 1. The van der Waals surface area contributed by atoms with E-state index >= 15 is 0 Å². The van der Waals surface area contributed by atoms with Crippen molar-refractivity contribution in [1.82, 2.24) is 9.55 Å². The molecule has 0 saturated carbocycles. The van der Waals surface area contributed by atoms with Gasteiger partial charge in [0.15, 0.2) is 5.16 Å². The molecule has 0 fully saturated rings. The number of nitrogens with zero attached hydrogens (tertiary/aromatic N) is 3. The Morgan fingerprint density at radius 2 is 2.19 bits per heavy atom. The Bertz CT molecular complexity index is 1300. The molecule has 0 atom stereocenters. The monoisotopic (exact) mass is 470 g/mol. The Balaban J connectivity index is 1.56. The van der Waals surface area contributed by atoms with Gasteiger partial charge in [-0.05, 0) is 49.8 Å². The predicted molar refractivity (Wildman–Crippen MR) is 128 cm³/mol. The third-order valence-electron chi connectivity index (χ3n) is 5.38. The summed E-state index contributed by atoms with van der Waals surface area (Å²) in [4.78, 5) is 42.9. The molecule has 0 radical (unpaired) electrons. The second kappa shape index (κ2) is 9.25. The van der Waals surface area contributed by atoms with E-state index in [9.17, 15) is 19.7 Å². The molecule has 1 aromatic carbocycles. The quantitative estimate of drug-likeness (QED) is 0.179. The fourth-order valence-corrected chi connectivity index (χ4v) is 5.95. The van der Waals surface area contributed by atoms with Crippen molar-refractivity contribution in [2.45, 2.75) is 44.3 Å².